The van der Waals surface area contributed by atoms with Crippen molar-refractivity contribution in [1.82, 2.24) is 0 Å². The molecule has 1 heteroatoms. The summed E-state index contributed by atoms with van der Waals surface area (Å²) in [7, 11) is 0. The highest BCUT2D eigenvalue weighted by Gasteiger charge is 2.15. The summed E-state index contributed by atoms with van der Waals surface area (Å²) in [6.45, 7) is 0. The van der Waals surface area contributed by atoms with Crippen LogP contribution in [0.2, 0.25) is 0 Å². The molecule has 0 aliphatic heterocycles. The SMILES string of the molecule is c1ccc(N(c2ccc(-c3ccc4ccccc4c3)cc2)c2ccc3c4ccccc4c4ccccc4c3c2)cc1. The van der Waals surface area contributed by atoms with Gasteiger partial charge in [-0.2, -0.15) is 0 Å². The lowest BCUT2D eigenvalue weighted by molar-refractivity contribution is 1.29. The zero-order valence-corrected chi connectivity index (χ0v) is 22.5. The second kappa shape index (κ2) is 9.66. The summed E-state index contributed by atoms with van der Waals surface area (Å²) in [6.07, 6.45) is 0. The van der Waals surface area contributed by atoms with Crippen LogP contribution in [0.4, 0.5) is 17.1 Å². The van der Waals surface area contributed by atoms with Crippen LogP contribution < -0.4 is 4.90 Å². The van der Waals surface area contributed by atoms with Crippen molar-refractivity contribution in [2.45, 2.75) is 0 Å². The van der Waals surface area contributed by atoms with Gasteiger partial charge in [-0.1, -0.05) is 121 Å². The van der Waals surface area contributed by atoms with Gasteiger partial charge in [0.2, 0.25) is 0 Å². The second-order valence-corrected chi connectivity index (χ2v) is 10.6. The zero-order chi connectivity index (χ0) is 27.2. The predicted octanol–water partition coefficient (Wildman–Crippen LogP) is 11.4. The summed E-state index contributed by atoms with van der Waals surface area (Å²) in [5, 5.41) is 10.2. The largest absolute Gasteiger partial charge is 0.310 e. The number of nitrogens with zero attached hydrogens (tertiary/aromatic N) is 1. The summed E-state index contributed by atoms with van der Waals surface area (Å²) < 4.78 is 0. The van der Waals surface area contributed by atoms with Crippen molar-refractivity contribution in [2.24, 2.45) is 0 Å². The molecule has 0 aromatic heterocycles. The van der Waals surface area contributed by atoms with E-state index in [2.05, 4.69) is 169 Å². The lowest BCUT2D eigenvalue weighted by atomic mass is 9.94. The minimum Gasteiger partial charge on any atom is -0.310 e. The molecule has 1 nitrogen and oxygen atoms in total. The molecule has 0 saturated heterocycles. The second-order valence-electron chi connectivity index (χ2n) is 10.6. The monoisotopic (exact) mass is 521 g/mol. The van der Waals surface area contributed by atoms with Crippen molar-refractivity contribution < 1.29 is 0 Å². The molecule has 0 aliphatic carbocycles. The van der Waals surface area contributed by atoms with Gasteiger partial charge in [0.25, 0.3) is 0 Å². The van der Waals surface area contributed by atoms with Gasteiger partial charge in [-0.3, -0.25) is 0 Å². The van der Waals surface area contributed by atoms with Crippen LogP contribution in [0.25, 0.3) is 54.2 Å². The average molecular weight is 522 g/mol. The van der Waals surface area contributed by atoms with E-state index in [1.165, 1.54) is 54.2 Å². The first-order valence-corrected chi connectivity index (χ1v) is 14.1. The van der Waals surface area contributed by atoms with Gasteiger partial charge in [0.05, 0.1) is 0 Å². The zero-order valence-electron chi connectivity index (χ0n) is 22.5. The van der Waals surface area contributed by atoms with Gasteiger partial charge in [-0.25, -0.2) is 0 Å². The topological polar surface area (TPSA) is 3.24 Å². The van der Waals surface area contributed by atoms with E-state index in [4.69, 9.17) is 0 Å². The fraction of sp³-hybridized carbons (Fsp3) is 0. The standard InChI is InChI=1S/C40H27N/c1-2-12-32(13-3-1)41(33-22-20-29(21-23-33)31-19-18-28-10-4-5-11-30(28)26-31)34-24-25-39-37-16-7-6-14-35(37)36-15-8-9-17-38(36)40(39)27-34/h1-27H. The van der Waals surface area contributed by atoms with Gasteiger partial charge >= 0.3 is 0 Å². The number of para-hydroxylation sites is 1. The van der Waals surface area contributed by atoms with Crippen LogP contribution >= 0.6 is 0 Å². The Morgan fingerprint density at radius 2 is 0.756 bits per heavy atom. The Kier molecular flexibility index (Phi) is 5.53. The minimum absolute atomic E-state index is 1.13. The molecule has 0 amide bonds. The van der Waals surface area contributed by atoms with Crippen molar-refractivity contribution >= 4 is 60.2 Å². The number of hydrogen-bond acceptors (Lipinski definition) is 1. The Labute approximate surface area is 239 Å². The summed E-state index contributed by atoms with van der Waals surface area (Å²) in [6, 6.07) is 59.2. The Balaban J connectivity index is 1.29. The Bertz CT molecular complexity index is 2160. The average Bonchev–Trinajstić information content (AvgIpc) is 3.05. The van der Waals surface area contributed by atoms with E-state index in [0.717, 1.165) is 17.1 Å². The van der Waals surface area contributed by atoms with Crippen LogP contribution in [-0.2, 0) is 0 Å². The number of hydrogen-bond donors (Lipinski definition) is 0. The molecule has 0 spiro atoms. The smallest absolute Gasteiger partial charge is 0.0468 e. The molecule has 41 heavy (non-hydrogen) atoms. The quantitative estimate of drug-likeness (QED) is 0.208. The van der Waals surface area contributed by atoms with Crippen molar-refractivity contribution in [3.05, 3.63) is 164 Å². The fourth-order valence-corrected chi connectivity index (χ4v) is 6.23. The summed E-state index contributed by atoms with van der Waals surface area (Å²) in [5.41, 5.74) is 5.84. The van der Waals surface area contributed by atoms with Gasteiger partial charge in [-0.05, 0) is 96.7 Å². The molecule has 0 unspecified atom stereocenters. The van der Waals surface area contributed by atoms with Crippen molar-refractivity contribution in [3.8, 4) is 11.1 Å². The summed E-state index contributed by atoms with van der Waals surface area (Å²) >= 11 is 0. The van der Waals surface area contributed by atoms with E-state index in [9.17, 15) is 0 Å². The van der Waals surface area contributed by atoms with E-state index in [-0.39, 0.29) is 0 Å². The first-order valence-electron chi connectivity index (χ1n) is 14.1. The van der Waals surface area contributed by atoms with Gasteiger partial charge in [0, 0.05) is 17.1 Å². The van der Waals surface area contributed by atoms with E-state index in [0.29, 0.717) is 0 Å². The molecule has 0 radical (unpaired) electrons. The van der Waals surface area contributed by atoms with E-state index >= 15 is 0 Å². The highest BCUT2D eigenvalue weighted by Crippen LogP contribution is 2.41. The highest BCUT2D eigenvalue weighted by molar-refractivity contribution is 6.25. The Hall–Kier alpha value is -5.40. The van der Waals surface area contributed by atoms with Crippen molar-refractivity contribution in [2.75, 3.05) is 4.90 Å². The van der Waals surface area contributed by atoms with Crippen LogP contribution in [-0.4, -0.2) is 0 Å². The summed E-state index contributed by atoms with van der Waals surface area (Å²) in [5.74, 6) is 0. The molecule has 0 atom stereocenters. The van der Waals surface area contributed by atoms with Gasteiger partial charge in [0.1, 0.15) is 0 Å². The normalized spacial score (nSPS) is 11.4. The molecule has 0 bridgehead atoms. The van der Waals surface area contributed by atoms with Crippen LogP contribution in [0, 0.1) is 0 Å². The maximum absolute atomic E-state index is 2.36. The summed E-state index contributed by atoms with van der Waals surface area (Å²) in [4.78, 5) is 2.35. The third-order valence-corrected chi connectivity index (χ3v) is 8.21. The van der Waals surface area contributed by atoms with Crippen LogP contribution in [0.5, 0.6) is 0 Å². The van der Waals surface area contributed by atoms with Crippen molar-refractivity contribution in [3.63, 3.8) is 0 Å². The minimum atomic E-state index is 1.13. The molecule has 192 valence electrons. The molecular weight excluding hydrogens is 494 g/mol. The molecule has 0 saturated carbocycles. The highest BCUT2D eigenvalue weighted by atomic mass is 15.1. The van der Waals surface area contributed by atoms with E-state index < -0.39 is 0 Å². The third kappa shape index (κ3) is 4.02. The predicted molar refractivity (Wildman–Crippen MR) is 177 cm³/mol. The molecule has 0 aliphatic rings. The fourth-order valence-electron chi connectivity index (χ4n) is 6.23. The number of benzene rings is 8. The van der Waals surface area contributed by atoms with E-state index in [1.54, 1.807) is 0 Å². The van der Waals surface area contributed by atoms with E-state index in [1.807, 2.05) is 0 Å². The lowest BCUT2D eigenvalue weighted by Gasteiger charge is -2.26. The van der Waals surface area contributed by atoms with Gasteiger partial charge in [0.15, 0.2) is 0 Å². The molecule has 0 heterocycles. The van der Waals surface area contributed by atoms with Crippen LogP contribution in [0.1, 0.15) is 0 Å². The number of rotatable bonds is 4. The van der Waals surface area contributed by atoms with Gasteiger partial charge < -0.3 is 4.90 Å². The van der Waals surface area contributed by atoms with Crippen LogP contribution in [0.3, 0.4) is 0 Å². The molecular formula is C40H27N. The molecule has 8 aromatic rings. The molecule has 0 fully saturated rings. The van der Waals surface area contributed by atoms with Crippen LogP contribution in [0.15, 0.2) is 164 Å². The Morgan fingerprint density at radius 1 is 0.268 bits per heavy atom. The number of fused-ring (bicyclic) bond motifs is 7. The maximum Gasteiger partial charge on any atom is 0.0468 e. The van der Waals surface area contributed by atoms with Crippen molar-refractivity contribution in [1.29, 1.82) is 0 Å². The first kappa shape index (κ1) is 23.5. The third-order valence-electron chi connectivity index (χ3n) is 8.21. The van der Waals surface area contributed by atoms with Gasteiger partial charge in [-0.15, -0.1) is 0 Å². The molecule has 8 rings (SSSR count). The maximum atomic E-state index is 2.36. The first-order chi connectivity index (χ1) is 20.3. The molecule has 8 aromatic carbocycles. The number of anilines is 3. The lowest BCUT2D eigenvalue weighted by Crippen LogP contribution is -2.09. The molecule has 0 N–H and O–H groups in total. The Morgan fingerprint density at radius 3 is 1.44 bits per heavy atom.